The number of alkyl carbamates (subject to hydrolysis) is 1. The number of phenolic OH excluding ortho intramolecular Hbond substituents is 1. The third-order valence-corrected chi connectivity index (χ3v) is 6.07. The maximum Gasteiger partial charge on any atom is 0.408 e. The summed E-state index contributed by atoms with van der Waals surface area (Å²) < 4.78 is 5.33. The van der Waals surface area contributed by atoms with Crippen LogP contribution in [0.4, 0.5) is 10.5 Å². The van der Waals surface area contributed by atoms with Crippen molar-refractivity contribution in [3.05, 3.63) is 71.8 Å². The first kappa shape index (κ1) is 29.1. The lowest BCUT2D eigenvalue weighted by atomic mass is 9.97. The monoisotopic (exact) mass is 529 g/mol. The molecule has 0 radical (unpaired) electrons. The van der Waals surface area contributed by atoms with Gasteiger partial charge in [0.15, 0.2) is 6.04 Å². The van der Waals surface area contributed by atoms with Gasteiger partial charge < -0.3 is 20.5 Å². The fourth-order valence-electron chi connectivity index (χ4n) is 4.14. The van der Waals surface area contributed by atoms with Gasteiger partial charge in [-0.05, 0) is 62.1 Å². The molecular formula is C31H35N3O5. The van der Waals surface area contributed by atoms with Crippen LogP contribution in [0.3, 0.4) is 0 Å². The van der Waals surface area contributed by atoms with Crippen molar-refractivity contribution in [1.29, 1.82) is 0 Å². The lowest BCUT2D eigenvalue weighted by Gasteiger charge is -2.32. The number of anilines is 1. The molecule has 0 saturated heterocycles. The van der Waals surface area contributed by atoms with Crippen LogP contribution in [-0.4, -0.2) is 39.6 Å². The summed E-state index contributed by atoms with van der Waals surface area (Å²) in [6.45, 7) is 10.3. The van der Waals surface area contributed by atoms with Crippen LogP contribution in [0.15, 0.2) is 60.7 Å². The number of ether oxygens (including phenoxy) is 1. The van der Waals surface area contributed by atoms with E-state index >= 15 is 0 Å². The van der Waals surface area contributed by atoms with Crippen LogP contribution < -0.4 is 10.6 Å². The molecule has 3 aromatic rings. The van der Waals surface area contributed by atoms with Gasteiger partial charge in [-0.15, -0.1) is 0 Å². The zero-order chi connectivity index (χ0) is 28.9. The third kappa shape index (κ3) is 7.08. The van der Waals surface area contributed by atoms with E-state index in [2.05, 4.69) is 16.7 Å². The second-order valence-electron chi connectivity index (χ2n) is 10.7. The second-order valence-corrected chi connectivity index (χ2v) is 10.7. The van der Waals surface area contributed by atoms with Crippen molar-refractivity contribution in [3.8, 4) is 18.2 Å². The summed E-state index contributed by atoms with van der Waals surface area (Å²) in [5.74, 6) is -1.88. The SMILES string of the molecule is C#CN(C(=O)C(NC(=O)OC(C)(C)C)C(C)C)C(C(=O)Nc1ccc2ccccc2c1)c1cccc(C)c1O. The van der Waals surface area contributed by atoms with Gasteiger partial charge in [-0.1, -0.05) is 68.8 Å². The zero-order valence-corrected chi connectivity index (χ0v) is 23.1. The van der Waals surface area contributed by atoms with Gasteiger partial charge >= 0.3 is 6.09 Å². The molecule has 0 bridgehead atoms. The summed E-state index contributed by atoms with van der Waals surface area (Å²) in [5, 5.41) is 18.2. The third-order valence-electron chi connectivity index (χ3n) is 6.07. The summed E-state index contributed by atoms with van der Waals surface area (Å²) in [5.41, 5.74) is 0.371. The molecule has 0 aliphatic carbocycles. The Morgan fingerprint density at radius 2 is 1.67 bits per heavy atom. The molecule has 0 aliphatic rings. The Morgan fingerprint density at radius 1 is 1.00 bits per heavy atom. The van der Waals surface area contributed by atoms with E-state index in [4.69, 9.17) is 11.2 Å². The van der Waals surface area contributed by atoms with Crippen LogP contribution in [0.2, 0.25) is 0 Å². The van der Waals surface area contributed by atoms with Crippen LogP contribution in [0.25, 0.3) is 10.8 Å². The molecule has 8 nitrogen and oxygen atoms in total. The van der Waals surface area contributed by atoms with Gasteiger partial charge in [-0.25, -0.2) is 4.79 Å². The Labute approximate surface area is 229 Å². The predicted octanol–water partition coefficient (Wildman–Crippen LogP) is 5.50. The number of terminal acetylenes is 1. The van der Waals surface area contributed by atoms with Gasteiger partial charge in [0, 0.05) is 17.3 Å². The number of hydrogen-bond donors (Lipinski definition) is 3. The molecule has 0 spiro atoms. The zero-order valence-electron chi connectivity index (χ0n) is 23.1. The van der Waals surface area contributed by atoms with E-state index < -0.39 is 41.5 Å². The highest BCUT2D eigenvalue weighted by Crippen LogP contribution is 2.33. The van der Waals surface area contributed by atoms with Crippen molar-refractivity contribution in [1.82, 2.24) is 10.2 Å². The Kier molecular flexibility index (Phi) is 8.87. The lowest BCUT2D eigenvalue weighted by molar-refractivity contribution is -0.137. The number of hydrogen-bond acceptors (Lipinski definition) is 5. The van der Waals surface area contributed by atoms with E-state index in [0.29, 0.717) is 11.3 Å². The summed E-state index contributed by atoms with van der Waals surface area (Å²) in [6.07, 6.45) is 5.04. The number of aromatic hydroxyl groups is 1. The van der Waals surface area contributed by atoms with E-state index in [1.807, 2.05) is 36.4 Å². The minimum atomic E-state index is -1.39. The minimum Gasteiger partial charge on any atom is -0.507 e. The molecule has 2 atom stereocenters. The van der Waals surface area contributed by atoms with Crippen molar-refractivity contribution in [2.75, 3.05) is 5.32 Å². The molecule has 0 aromatic heterocycles. The van der Waals surface area contributed by atoms with E-state index in [9.17, 15) is 19.5 Å². The van der Waals surface area contributed by atoms with Gasteiger partial charge in [0.25, 0.3) is 11.8 Å². The highest BCUT2D eigenvalue weighted by Gasteiger charge is 2.38. The van der Waals surface area contributed by atoms with Crippen LogP contribution in [0, 0.1) is 25.3 Å². The van der Waals surface area contributed by atoms with E-state index in [0.717, 1.165) is 15.7 Å². The Morgan fingerprint density at radius 3 is 2.28 bits per heavy atom. The molecule has 3 N–H and O–H groups in total. The maximum atomic E-state index is 13.8. The number of nitrogens with one attached hydrogen (secondary N) is 2. The number of amides is 3. The van der Waals surface area contributed by atoms with Crippen molar-refractivity contribution >= 4 is 34.4 Å². The van der Waals surface area contributed by atoms with Crippen molar-refractivity contribution in [2.24, 2.45) is 5.92 Å². The van der Waals surface area contributed by atoms with Gasteiger partial charge in [-0.3, -0.25) is 14.5 Å². The summed E-state index contributed by atoms with van der Waals surface area (Å²) in [4.78, 5) is 41.1. The Hall–Kier alpha value is -4.51. The Bertz CT molecular complexity index is 1420. The lowest BCUT2D eigenvalue weighted by Crippen LogP contribution is -2.53. The van der Waals surface area contributed by atoms with E-state index in [1.165, 1.54) is 6.07 Å². The molecule has 0 aliphatic heterocycles. The van der Waals surface area contributed by atoms with E-state index in [1.54, 1.807) is 59.7 Å². The molecule has 39 heavy (non-hydrogen) atoms. The van der Waals surface area contributed by atoms with Gasteiger partial charge in [0.1, 0.15) is 17.4 Å². The fraction of sp³-hybridized carbons (Fsp3) is 0.323. The highest BCUT2D eigenvalue weighted by molar-refractivity contribution is 6.01. The Balaban J connectivity index is 2.02. The maximum absolute atomic E-state index is 13.8. The topological polar surface area (TPSA) is 108 Å². The molecule has 204 valence electrons. The van der Waals surface area contributed by atoms with Crippen LogP contribution in [0.1, 0.15) is 51.8 Å². The van der Waals surface area contributed by atoms with Gasteiger partial charge in [-0.2, -0.15) is 0 Å². The van der Waals surface area contributed by atoms with Crippen molar-refractivity contribution in [3.63, 3.8) is 0 Å². The molecule has 3 aromatic carbocycles. The first-order valence-electron chi connectivity index (χ1n) is 12.7. The number of aryl methyl sites for hydroxylation is 1. The average Bonchev–Trinajstić information content (AvgIpc) is 2.86. The fourth-order valence-corrected chi connectivity index (χ4v) is 4.14. The standard InChI is InChI=1S/C31H35N3O5/c1-8-34(29(37)25(19(2)3)33-30(38)39-31(5,6)7)26(24-15-11-12-20(4)27(24)35)28(36)32-23-17-16-21-13-9-10-14-22(21)18-23/h1,9-19,25-26,35H,2-7H3,(H,32,36)(H,33,38). The second kappa shape index (κ2) is 11.9. The first-order chi connectivity index (χ1) is 18.3. The van der Waals surface area contributed by atoms with Gasteiger partial charge in [0.2, 0.25) is 0 Å². The minimum absolute atomic E-state index is 0.152. The number of para-hydroxylation sites is 1. The van der Waals surface area contributed by atoms with E-state index in [-0.39, 0.29) is 11.3 Å². The predicted molar refractivity (Wildman–Crippen MR) is 152 cm³/mol. The van der Waals surface area contributed by atoms with Crippen LogP contribution >= 0.6 is 0 Å². The highest BCUT2D eigenvalue weighted by atomic mass is 16.6. The van der Waals surface area contributed by atoms with Crippen LogP contribution in [-0.2, 0) is 14.3 Å². The quantitative estimate of drug-likeness (QED) is 0.277. The number of rotatable bonds is 7. The van der Waals surface area contributed by atoms with Crippen LogP contribution in [0.5, 0.6) is 5.75 Å². The van der Waals surface area contributed by atoms with Crippen molar-refractivity contribution < 1.29 is 24.2 Å². The number of nitrogens with zero attached hydrogens (tertiary/aromatic N) is 1. The summed E-state index contributed by atoms with van der Waals surface area (Å²) >= 11 is 0. The average molecular weight is 530 g/mol. The van der Waals surface area contributed by atoms with Crippen molar-refractivity contribution in [2.45, 2.75) is 59.2 Å². The molecule has 2 unspecified atom stereocenters. The number of carbonyl (C=O) groups is 3. The number of benzene rings is 3. The molecule has 0 saturated carbocycles. The van der Waals surface area contributed by atoms with Gasteiger partial charge in [0.05, 0.1) is 0 Å². The largest absolute Gasteiger partial charge is 0.507 e. The molecule has 8 heteroatoms. The number of carbonyl (C=O) groups excluding carboxylic acids is 3. The first-order valence-corrected chi connectivity index (χ1v) is 12.7. The molecular weight excluding hydrogens is 494 g/mol. The number of fused-ring (bicyclic) bond motifs is 1. The smallest absolute Gasteiger partial charge is 0.408 e. The molecule has 0 fully saturated rings. The summed E-state index contributed by atoms with van der Waals surface area (Å²) in [7, 11) is 0. The number of phenols is 1. The molecule has 0 heterocycles. The molecule has 3 amide bonds. The normalized spacial score (nSPS) is 12.8. The molecule has 3 rings (SSSR count). The summed E-state index contributed by atoms with van der Waals surface area (Å²) in [6, 6.07) is 17.8.